The summed E-state index contributed by atoms with van der Waals surface area (Å²) < 4.78 is 1.56. The van der Waals surface area contributed by atoms with Crippen LogP contribution < -0.4 is 5.19 Å². The van der Waals surface area contributed by atoms with E-state index in [1.165, 1.54) is 11.3 Å². The van der Waals surface area contributed by atoms with Crippen LogP contribution in [0.25, 0.3) is 11.3 Å². The first-order valence-corrected chi connectivity index (χ1v) is 9.58. The molecule has 0 bridgehead atoms. The molecule has 0 aliphatic rings. The smallest absolute Gasteiger partial charge is 0.358 e. The lowest BCUT2D eigenvalue weighted by Gasteiger charge is -2.17. The Morgan fingerprint density at radius 3 is 2.47 bits per heavy atom. The highest BCUT2D eigenvalue weighted by molar-refractivity contribution is 6.88. The lowest BCUT2D eigenvalue weighted by atomic mass is 10.1. The number of benzene rings is 1. The van der Waals surface area contributed by atoms with Gasteiger partial charge in [-0.15, -0.1) is 0 Å². The molecule has 19 heavy (non-hydrogen) atoms. The fourth-order valence-electron chi connectivity index (χ4n) is 1.96. The highest BCUT2D eigenvalue weighted by Gasteiger charge is 2.20. The molecule has 5 nitrogen and oxygen atoms in total. The molecule has 0 fully saturated rings. The molecule has 0 spiro atoms. The predicted molar refractivity (Wildman–Crippen MR) is 78.3 cm³/mol. The van der Waals surface area contributed by atoms with Gasteiger partial charge in [0.2, 0.25) is 0 Å². The van der Waals surface area contributed by atoms with Crippen LogP contribution in [0.3, 0.4) is 0 Å². The zero-order valence-corrected chi connectivity index (χ0v) is 12.5. The summed E-state index contributed by atoms with van der Waals surface area (Å²) in [5.74, 6) is -0.115. The van der Waals surface area contributed by atoms with Gasteiger partial charge < -0.3 is 10.1 Å². The van der Waals surface area contributed by atoms with Crippen LogP contribution >= 0.6 is 0 Å². The molecule has 0 aliphatic carbocycles. The summed E-state index contributed by atoms with van der Waals surface area (Å²) in [5, 5.41) is 16.0. The van der Waals surface area contributed by atoms with Crippen LogP contribution in [0.2, 0.25) is 19.6 Å². The van der Waals surface area contributed by atoms with Crippen LogP contribution in [0.1, 0.15) is 0 Å². The Morgan fingerprint density at radius 2 is 1.95 bits per heavy atom. The van der Waals surface area contributed by atoms with Gasteiger partial charge in [0.25, 0.3) is 0 Å². The Hall–Kier alpha value is -1.95. The Bertz CT molecular complexity index is 629. The van der Waals surface area contributed by atoms with E-state index in [1.807, 2.05) is 12.1 Å². The van der Waals surface area contributed by atoms with Gasteiger partial charge in [0, 0.05) is 5.56 Å². The van der Waals surface area contributed by atoms with E-state index in [9.17, 15) is 10.1 Å². The van der Waals surface area contributed by atoms with Crippen LogP contribution in [0.15, 0.2) is 30.3 Å². The minimum atomic E-state index is -1.39. The Balaban J connectivity index is 2.50. The van der Waals surface area contributed by atoms with Gasteiger partial charge in [0.05, 0.1) is 32.0 Å². The highest BCUT2D eigenvalue weighted by Crippen LogP contribution is 2.22. The summed E-state index contributed by atoms with van der Waals surface area (Å²) >= 11 is 0. The molecule has 1 heterocycles. The van der Waals surface area contributed by atoms with Crippen molar-refractivity contribution >= 4 is 19.1 Å². The topological polar surface area (TPSA) is 61.0 Å². The Kier molecular flexibility index (Phi) is 3.28. The minimum Gasteiger partial charge on any atom is -0.358 e. The third-order valence-corrected chi connectivity index (χ3v) is 5.12. The van der Waals surface area contributed by atoms with Gasteiger partial charge in [0.15, 0.2) is 0 Å². The molecule has 0 atom stereocenters. The number of nitrogens with zero attached hydrogens (tertiary/aromatic N) is 3. The van der Waals surface area contributed by atoms with Crippen molar-refractivity contribution in [2.75, 3.05) is 0 Å². The van der Waals surface area contributed by atoms with E-state index in [0.29, 0.717) is 0 Å². The van der Waals surface area contributed by atoms with E-state index in [-0.39, 0.29) is 5.82 Å². The van der Waals surface area contributed by atoms with Crippen molar-refractivity contribution in [1.29, 1.82) is 0 Å². The Morgan fingerprint density at radius 1 is 1.26 bits per heavy atom. The number of hydrogen-bond acceptors (Lipinski definition) is 3. The normalized spacial score (nSPS) is 11.6. The molecule has 0 unspecified atom stereocenters. The monoisotopic (exact) mass is 275 g/mol. The van der Waals surface area contributed by atoms with Crippen molar-refractivity contribution < 1.29 is 4.92 Å². The van der Waals surface area contributed by atoms with E-state index < -0.39 is 13.0 Å². The second-order valence-corrected chi connectivity index (χ2v) is 10.7. The first-order chi connectivity index (χ1) is 8.79. The third-order valence-electron chi connectivity index (χ3n) is 3.08. The van der Waals surface area contributed by atoms with Crippen molar-refractivity contribution in [1.82, 2.24) is 9.78 Å². The average Bonchev–Trinajstić information content (AvgIpc) is 2.71. The lowest BCUT2D eigenvalue weighted by molar-refractivity contribution is -0.389. The zero-order valence-electron chi connectivity index (χ0n) is 11.5. The maximum absolute atomic E-state index is 10.8. The fraction of sp³-hybridized carbons (Fsp3) is 0.308. The van der Waals surface area contributed by atoms with E-state index >= 15 is 0 Å². The largest absolute Gasteiger partial charge is 0.390 e. The van der Waals surface area contributed by atoms with Crippen LogP contribution in [0.5, 0.6) is 0 Å². The molecule has 6 heteroatoms. The van der Waals surface area contributed by atoms with E-state index in [2.05, 4.69) is 36.9 Å². The molecular formula is C13H17N3O2Si. The average molecular weight is 275 g/mol. The summed E-state index contributed by atoms with van der Waals surface area (Å²) in [7, 11) is 0.332. The van der Waals surface area contributed by atoms with Crippen molar-refractivity contribution in [3.05, 3.63) is 40.4 Å². The summed E-state index contributed by atoms with van der Waals surface area (Å²) in [6.07, 6.45) is 0. The van der Waals surface area contributed by atoms with Crippen molar-refractivity contribution in [2.45, 2.75) is 19.6 Å². The number of nitro groups is 1. The van der Waals surface area contributed by atoms with Gasteiger partial charge >= 0.3 is 5.82 Å². The number of hydrogen-bond donors (Lipinski definition) is 0. The van der Waals surface area contributed by atoms with Gasteiger partial charge in [-0.2, -0.15) is 4.68 Å². The van der Waals surface area contributed by atoms with Crippen molar-refractivity contribution in [3.8, 4) is 11.3 Å². The fourth-order valence-corrected chi connectivity index (χ4v) is 3.14. The molecule has 100 valence electrons. The highest BCUT2D eigenvalue weighted by atomic mass is 28.3. The summed E-state index contributed by atoms with van der Waals surface area (Å²) in [5.41, 5.74) is 1.75. The van der Waals surface area contributed by atoms with Gasteiger partial charge in [-0.05, 0) is 4.92 Å². The van der Waals surface area contributed by atoms with Crippen LogP contribution in [0, 0.1) is 10.1 Å². The van der Waals surface area contributed by atoms with E-state index in [0.717, 1.165) is 11.3 Å². The molecule has 0 N–H and O–H groups in total. The third kappa shape index (κ3) is 2.73. The lowest BCUT2D eigenvalue weighted by Crippen LogP contribution is -2.37. The number of aryl methyl sites for hydroxylation is 1. The molecule has 0 aliphatic heterocycles. The quantitative estimate of drug-likeness (QED) is 0.491. The molecular weight excluding hydrogens is 258 g/mol. The van der Waals surface area contributed by atoms with Gasteiger partial charge in [-0.1, -0.05) is 49.1 Å². The molecule has 0 saturated carbocycles. The molecule has 2 aromatic rings. The van der Waals surface area contributed by atoms with Crippen LogP contribution in [-0.2, 0) is 7.05 Å². The second kappa shape index (κ2) is 4.62. The van der Waals surface area contributed by atoms with Crippen molar-refractivity contribution in [2.24, 2.45) is 7.05 Å². The van der Waals surface area contributed by atoms with Crippen LogP contribution in [0.4, 0.5) is 5.82 Å². The summed E-state index contributed by atoms with van der Waals surface area (Å²) in [4.78, 5) is 10.3. The first-order valence-electron chi connectivity index (χ1n) is 6.08. The standard InChI is InChI=1S/C13H17N3O2Si/c1-15-12(9-13(14-15)16(17)18)10-6-5-7-11(8-10)19(2,3)4/h5-9H,1-4H3. The summed E-state index contributed by atoms with van der Waals surface area (Å²) in [6.45, 7) is 6.83. The number of aromatic nitrogens is 2. The molecule has 0 amide bonds. The van der Waals surface area contributed by atoms with Gasteiger partial charge in [-0.25, -0.2) is 0 Å². The van der Waals surface area contributed by atoms with Crippen molar-refractivity contribution in [3.63, 3.8) is 0 Å². The first kappa shape index (κ1) is 13.5. The maximum Gasteiger partial charge on any atom is 0.390 e. The minimum absolute atomic E-state index is 0.115. The molecule has 1 aromatic heterocycles. The predicted octanol–water partition coefficient (Wildman–Crippen LogP) is 2.54. The zero-order chi connectivity index (χ0) is 14.2. The molecule has 2 rings (SSSR count). The second-order valence-electron chi connectivity index (χ2n) is 5.60. The molecule has 0 radical (unpaired) electrons. The SMILES string of the molecule is Cn1nc([N+](=O)[O-])cc1-c1cccc([Si](C)(C)C)c1. The van der Waals surface area contributed by atoms with E-state index in [4.69, 9.17) is 0 Å². The number of rotatable bonds is 3. The van der Waals surface area contributed by atoms with Gasteiger partial charge in [0.1, 0.15) is 0 Å². The van der Waals surface area contributed by atoms with Gasteiger partial charge in [-0.3, -0.25) is 0 Å². The molecule has 1 aromatic carbocycles. The molecule has 0 saturated heterocycles. The van der Waals surface area contributed by atoms with E-state index in [1.54, 1.807) is 11.7 Å². The maximum atomic E-state index is 10.8. The summed E-state index contributed by atoms with van der Waals surface area (Å²) in [6, 6.07) is 9.73. The van der Waals surface area contributed by atoms with Crippen LogP contribution in [-0.4, -0.2) is 22.8 Å². The Labute approximate surface area is 113 Å².